The molecular weight excluding hydrogens is 435 g/mol. The molecule has 0 bridgehead atoms. The third-order valence-corrected chi connectivity index (χ3v) is 3.66. The fraction of sp³-hybridized carbons (Fsp3) is 0.824. The minimum absolute atomic E-state index is 0.184. The number of rotatable bonds is 3. The van der Waals surface area contributed by atoms with Crippen LogP contribution in [0.2, 0.25) is 0 Å². The maximum Gasteiger partial charge on any atom is 0.430 e. The van der Waals surface area contributed by atoms with Crippen LogP contribution in [-0.4, -0.2) is 62.4 Å². The zero-order valence-electron chi connectivity index (χ0n) is 16.9. The lowest BCUT2D eigenvalue weighted by Gasteiger charge is -2.43. The summed E-state index contributed by atoms with van der Waals surface area (Å²) in [6.45, 7) is 9.75. The van der Waals surface area contributed by atoms with Crippen molar-refractivity contribution in [3.05, 3.63) is 0 Å². The first kappa shape index (κ1) is 25.1. The number of ether oxygens (including phenoxy) is 3. The molecule has 0 aromatic rings. The van der Waals surface area contributed by atoms with E-state index in [4.69, 9.17) is 49.0 Å². The van der Waals surface area contributed by atoms with Gasteiger partial charge in [0.15, 0.2) is 5.78 Å². The number of carbonyl (C=O) groups excluding carboxylic acids is 3. The molecule has 1 aliphatic rings. The summed E-state index contributed by atoms with van der Waals surface area (Å²) in [4.78, 5) is 38.1. The van der Waals surface area contributed by atoms with E-state index in [1.807, 2.05) is 0 Å². The molecule has 0 aromatic heterocycles. The summed E-state index contributed by atoms with van der Waals surface area (Å²) < 4.78 is 13.5. The molecule has 0 N–H and O–H groups in total. The zero-order chi connectivity index (χ0) is 21.9. The Kier molecular flexibility index (Phi) is 8.27. The van der Waals surface area contributed by atoms with Crippen LogP contribution in [-0.2, 0) is 19.0 Å². The van der Waals surface area contributed by atoms with Crippen LogP contribution in [0.3, 0.4) is 0 Å². The van der Waals surface area contributed by atoms with E-state index in [9.17, 15) is 14.4 Å². The topological polar surface area (TPSA) is 85.4 Å². The summed E-state index contributed by atoms with van der Waals surface area (Å²) in [5, 5.41) is 2.04. The van der Waals surface area contributed by atoms with Gasteiger partial charge in [0.25, 0.3) is 3.98 Å². The van der Waals surface area contributed by atoms with Crippen molar-refractivity contribution in [3.63, 3.8) is 0 Å². The molecule has 1 saturated heterocycles. The number of hydrogen-bond donors (Lipinski definition) is 0. The van der Waals surface area contributed by atoms with Crippen LogP contribution in [0.4, 0.5) is 9.59 Å². The third-order valence-electron chi connectivity index (χ3n) is 3.34. The van der Waals surface area contributed by atoms with E-state index in [1.54, 1.807) is 41.5 Å². The van der Waals surface area contributed by atoms with Gasteiger partial charge in [-0.15, -0.1) is 0 Å². The Morgan fingerprint density at radius 1 is 0.929 bits per heavy atom. The van der Waals surface area contributed by atoms with Crippen molar-refractivity contribution in [1.82, 2.24) is 10.0 Å². The molecule has 0 unspecified atom stereocenters. The molecule has 0 saturated carbocycles. The average molecular weight is 462 g/mol. The summed E-state index contributed by atoms with van der Waals surface area (Å²) in [5.74, 6) is -0.537. The van der Waals surface area contributed by atoms with E-state index in [1.165, 1.54) is 0 Å². The minimum Gasteiger partial charge on any atom is -0.442 e. The van der Waals surface area contributed by atoms with Gasteiger partial charge in [0, 0.05) is 6.54 Å². The number of ketones is 1. The van der Waals surface area contributed by atoms with Gasteiger partial charge < -0.3 is 14.2 Å². The van der Waals surface area contributed by atoms with Crippen molar-refractivity contribution in [2.75, 3.05) is 13.2 Å². The number of halogens is 3. The zero-order valence-corrected chi connectivity index (χ0v) is 19.2. The Balaban J connectivity index is 3.12. The summed E-state index contributed by atoms with van der Waals surface area (Å²) in [7, 11) is 0. The Hall–Kier alpha value is -0.960. The van der Waals surface area contributed by atoms with Crippen molar-refractivity contribution in [1.29, 1.82) is 0 Å². The van der Waals surface area contributed by atoms with Crippen molar-refractivity contribution < 1.29 is 28.6 Å². The van der Waals surface area contributed by atoms with Crippen LogP contribution in [0, 0.1) is 0 Å². The van der Waals surface area contributed by atoms with E-state index < -0.39 is 45.8 Å². The third kappa shape index (κ3) is 8.59. The largest absolute Gasteiger partial charge is 0.442 e. The van der Waals surface area contributed by atoms with Gasteiger partial charge in [-0.25, -0.2) is 19.6 Å². The highest BCUT2D eigenvalue weighted by Gasteiger charge is 2.43. The van der Waals surface area contributed by atoms with Gasteiger partial charge in [0.2, 0.25) is 0 Å². The lowest BCUT2D eigenvalue weighted by atomic mass is 10.0. The molecule has 1 heterocycles. The van der Waals surface area contributed by atoms with Gasteiger partial charge in [-0.1, -0.05) is 34.8 Å². The molecule has 1 rings (SSSR count). The van der Waals surface area contributed by atoms with Crippen molar-refractivity contribution in [2.24, 2.45) is 0 Å². The molecule has 8 nitrogen and oxygen atoms in total. The highest BCUT2D eigenvalue weighted by atomic mass is 35.6. The number of hydrazine groups is 1. The highest BCUT2D eigenvalue weighted by molar-refractivity contribution is 6.66. The summed E-state index contributed by atoms with van der Waals surface area (Å²) in [6, 6.07) is -1.02. The monoisotopic (exact) mass is 460 g/mol. The molecule has 1 aliphatic heterocycles. The standard InChI is InChI=1S/C17H27Cl3N2O6/c1-15(2,3)27-13(24)21-9-7-8-11(12(23)10-26-17(18,19)20)22(21)14(25)28-16(4,5)6/h11H,7-10H2,1-6H3/t11-/m0/s1. The second kappa shape index (κ2) is 9.24. The molecule has 28 heavy (non-hydrogen) atoms. The molecule has 11 heteroatoms. The van der Waals surface area contributed by atoms with E-state index in [0.29, 0.717) is 12.8 Å². The average Bonchev–Trinajstić information content (AvgIpc) is 2.47. The second-order valence-electron chi connectivity index (χ2n) is 8.29. The lowest BCUT2D eigenvalue weighted by molar-refractivity contribution is -0.142. The molecule has 0 aromatic carbocycles. The molecule has 0 aliphatic carbocycles. The first-order valence-corrected chi connectivity index (χ1v) is 9.89. The van der Waals surface area contributed by atoms with Gasteiger partial charge in [-0.05, 0) is 54.4 Å². The predicted octanol–water partition coefficient (Wildman–Crippen LogP) is 4.45. The molecule has 1 atom stereocenters. The number of hydrogen-bond acceptors (Lipinski definition) is 6. The summed E-state index contributed by atoms with van der Waals surface area (Å²) in [5.41, 5.74) is -1.62. The summed E-state index contributed by atoms with van der Waals surface area (Å²) in [6.07, 6.45) is -0.869. The van der Waals surface area contributed by atoms with E-state index >= 15 is 0 Å². The number of alkyl halides is 3. The first-order valence-electron chi connectivity index (χ1n) is 8.76. The maximum absolute atomic E-state index is 12.8. The Bertz CT molecular complexity index is 595. The van der Waals surface area contributed by atoms with Crippen LogP contribution in [0.25, 0.3) is 0 Å². The van der Waals surface area contributed by atoms with E-state index in [2.05, 4.69) is 0 Å². The number of Topliss-reactive ketones (excluding diaryl/α,β-unsaturated/α-hetero) is 1. The SMILES string of the molecule is CC(C)(C)OC(=O)N1CCC[C@@H](C(=O)COC(Cl)(Cl)Cl)N1C(=O)OC(C)(C)C. The van der Waals surface area contributed by atoms with Crippen LogP contribution >= 0.6 is 34.8 Å². The van der Waals surface area contributed by atoms with E-state index in [0.717, 1.165) is 10.0 Å². The van der Waals surface area contributed by atoms with Gasteiger partial charge in [0.1, 0.15) is 23.9 Å². The Morgan fingerprint density at radius 3 is 1.89 bits per heavy atom. The Labute approximate surface area is 180 Å². The molecule has 1 fully saturated rings. The highest BCUT2D eigenvalue weighted by Crippen LogP contribution is 2.29. The van der Waals surface area contributed by atoms with Gasteiger partial charge in [-0.3, -0.25) is 4.79 Å². The van der Waals surface area contributed by atoms with E-state index in [-0.39, 0.29) is 6.54 Å². The predicted molar refractivity (Wildman–Crippen MR) is 105 cm³/mol. The molecule has 162 valence electrons. The van der Waals surface area contributed by atoms with Crippen LogP contribution in [0.15, 0.2) is 0 Å². The normalized spacial score (nSPS) is 18.7. The fourth-order valence-corrected chi connectivity index (χ4v) is 2.57. The van der Waals surface area contributed by atoms with Crippen LogP contribution in [0.1, 0.15) is 54.4 Å². The number of nitrogens with zero attached hydrogens (tertiary/aromatic N) is 2. The fourth-order valence-electron chi connectivity index (χ4n) is 2.41. The van der Waals surface area contributed by atoms with Crippen molar-refractivity contribution in [3.8, 4) is 0 Å². The molecule has 0 radical (unpaired) electrons. The quantitative estimate of drug-likeness (QED) is 0.577. The molecule has 0 spiro atoms. The van der Waals surface area contributed by atoms with Gasteiger partial charge in [0.05, 0.1) is 0 Å². The van der Waals surface area contributed by atoms with Crippen molar-refractivity contribution >= 4 is 52.8 Å². The number of carbonyl (C=O) groups is 3. The van der Waals surface area contributed by atoms with Gasteiger partial charge in [-0.2, -0.15) is 0 Å². The minimum atomic E-state index is -2.08. The second-order valence-corrected chi connectivity index (χ2v) is 10.5. The summed E-state index contributed by atoms with van der Waals surface area (Å²) >= 11 is 16.6. The van der Waals surface area contributed by atoms with Crippen molar-refractivity contribution in [2.45, 2.75) is 75.6 Å². The smallest absolute Gasteiger partial charge is 0.430 e. The van der Waals surface area contributed by atoms with Crippen LogP contribution < -0.4 is 0 Å². The molecule has 2 amide bonds. The molecular formula is C17H27Cl3N2O6. The lowest BCUT2D eigenvalue weighted by Crippen LogP contribution is -2.62. The van der Waals surface area contributed by atoms with Crippen LogP contribution in [0.5, 0.6) is 0 Å². The first-order chi connectivity index (χ1) is 12.5. The Morgan fingerprint density at radius 2 is 1.43 bits per heavy atom. The van der Waals surface area contributed by atoms with Gasteiger partial charge >= 0.3 is 12.2 Å². The number of amides is 2. The maximum atomic E-state index is 12.8.